The van der Waals surface area contributed by atoms with Crippen LogP contribution in [0, 0.1) is 10.1 Å². The third-order valence-corrected chi connectivity index (χ3v) is 3.50. The molecule has 2 rings (SSSR count). The van der Waals surface area contributed by atoms with Crippen molar-refractivity contribution in [2.45, 2.75) is 6.04 Å². The Labute approximate surface area is 126 Å². The van der Waals surface area contributed by atoms with E-state index in [0.717, 1.165) is 0 Å². The summed E-state index contributed by atoms with van der Waals surface area (Å²) in [6.45, 7) is 1.36. The maximum atomic E-state index is 11.2. The number of methoxy groups -OCH3 is 1. The molecule has 0 spiro atoms. The van der Waals surface area contributed by atoms with Crippen LogP contribution >= 0.6 is 0 Å². The molecular formula is C12H17N5O5. The lowest BCUT2D eigenvalue weighted by Crippen LogP contribution is -2.56. The lowest BCUT2D eigenvalue weighted by Gasteiger charge is -2.40. The summed E-state index contributed by atoms with van der Waals surface area (Å²) in [5, 5.41) is 19.9. The third-order valence-electron chi connectivity index (χ3n) is 3.50. The molecule has 0 radical (unpaired) electrons. The minimum Gasteiger partial charge on any atom is -0.465 e. The van der Waals surface area contributed by atoms with E-state index in [1.807, 2.05) is 4.90 Å². The minimum absolute atomic E-state index is 0.161. The van der Waals surface area contributed by atoms with E-state index >= 15 is 0 Å². The molecule has 1 aliphatic rings. The van der Waals surface area contributed by atoms with Gasteiger partial charge in [-0.25, -0.2) is 9.78 Å². The van der Waals surface area contributed by atoms with Crippen LogP contribution in [-0.2, 0) is 4.74 Å². The Bertz CT molecular complexity index is 581. The van der Waals surface area contributed by atoms with Gasteiger partial charge in [-0.1, -0.05) is 0 Å². The van der Waals surface area contributed by atoms with Gasteiger partial charge >= 0.3 is 11.8 Å². The molecule has 1 aromatic rings. The average Bonchev–Trinajstić information content (AvgIpc) is 2.46. The van der Waals surface area contributed by atoms with E-state index in [0.29, 0.717) is 25.5 Å². The number of piperazine rings is 1. The van der Waals surface area contributed by atoms with Gasteiger partial charge in [-0.3, -0.25) is 15.0 Å². The zero-order chi connectivity index (χ0) is 16.3. The number of nitrogen functional groups attached to an aromatic ring is 1. The summed E-state index contributed by atoms with van der Waals surface area (Å²) in [4.78, 5) is 28.5. The fourth-order valence-corrected chi connectivity index (χ4v) is 2.44. The monoisotopic (exact) mass is 311 g/mol. The second-order valence-electron chi connectivity index (χ2n) is 4.86. The number of hydrogen-bond acceptors (Lipinski definition) is 7. The zero-order valence-electron chi connectivity index (χ0n) is 12.0. The summed E-state index contributed by atoms with van der Waals surface area (Å²) in [6, 6.07) is 2.47. The summed E-state index contributed by atoms with van der Waals surface area (Å²) in [7, 11) is 1.50. The first-order valence-electron chi connectivity index (χ1n) is 6.58. The predicted molar refractivity (Wildman–Crippen MR) is 77.9 cm³/mol. The van der Waals surface area contributed by atoms with Crippen molar-refractivity contribution in [2.24, 2.45) is 0 Å². The van der Waals surface area contributed by atoms with Crippen LogP contribution in [0.25, 0.3) is 0 Å². The number of hydrogen-bond donors (Lipinski definition) is 2. The Balaban J connectivity index is 2.18. The van der Waals surface area contributed by atoms with E-state index in [2.05, 4.69) is 4.98 Å². The van der Waals surface area contributed by atoms with Gasteiger partial charge < -0.3 is 20.5 Å². The molecule has 0 aliphatic carbocycles. The number of aromatic nitrogens is 1. The van der Waals surface area contributed by atoms with Gasteiger partial charge in [0.05, 0.1) is 17.6 Å². The van der Waals surface area contributed by atoms with Crippen molar-refractivity contribution in [3.8, 4) is 0 Å². The smallest absolute Gasteiger partial charge is 0.407 e. The Morgan fingerprint density at radius 2 is 2.32 bits per heavy atom. The number of carbonyl (C=O) groups is 1. The molecule has 0 bridgehead atoms. The average molecular weight is 311 g/mol. The van der Waals surface area contributed by atoms with Crippen LogP contribution in [0.1, 0.15) is 0 Å². The molecule has 1 fully saturated rings. The molecule has 3 N–H and O–H groups in total. The van der Waals surface area contributed by atoms with Crippen LogP contribution in [0.15, 0.2) is 12.1 Å². The zero-order valence-corrected chi connectivity index (χ0v) is 12.0. The first-order valence-corrected chi connectivity index (χ1v) is 6.58. The fourth-order valence-electron chi connectivity index (χ4n) is 2.44. The van der Waals surface area contributed by atoms with Crippen LogP contribution in [0.3, 0.4) is 0 Å². The Kier molecular flexibility index (Phi) is 4.61. The molecule has 1 atom stereocenters. The van der Waals surface area contributed by atoms with Crippen molar-refractivity contribution < 1.29 is 19.6 Å². The van der Waals surface area contributed by atoms with E-state index in [9.17, 15) is 20.0 Å². The number of rotatable bonds is 4. The highest BCUT2D eigenvalue weighted by molar-refractivity contribution is 5.66. The highest BCUT2D eigenvalue weighted by Gasteiger charge is 2.31. The predicted octanol–water partition coefficient (Wildman–Crippen LogP) is 0.387. The molecule has 120 valence electrons. The Morgan fingerprint density at radius 3 is 2.86 bits per heavy atom. The van der Waals surface area contributed by atoms with E-state index in [4.69, 9.17) is 10.5 Å². The maximum absolute atomic E-state index is 11.2. The molecule has 0 saturated carbocycles. The number of pyridine rings is 1. The number of nitro groups is 1. The highest BCUT2D eigenvalue weighted by Crippen LogP contribution is 2.24. The van der Waals surface area contributed by atoms with Crippen LogP contribution in [0.4, 0.5) is 22.1 Å². The number of carboxylic acid groups (broad SMARTS) is 1. The van der Waals surface area contributed by atoms with Crippen molar-refractivity contribution in [3.05, 3.63) is 22.2 Å². The highest BCUT2D eigenvalue weighted by atomic mass is 16.6. The SMILES string of the molecule is COC[C@@H]1CN(c2ccc([N+](=O)[O-])c(N)n2)CCN1C(=O)O. The number of amides is 1. The van der Waals surface area contributed by atoms with E-state index in [1.165, 1.54) is 24.1 Å². The lowest BCUT2D eigenvalue weighted by atomic mass is 10.2. The number of nitrogens with two attached hydrogens (primary N) is 1. The quantitative estimate of drug-likeness (QED) is 0.602. The first-order chi connectivity index (χ1) is 10.4. The fraction of sp³-hybridized carbons (Fsp3) is 0.500. The molecule has 10 nitrogen and oxygen atoms in total. The van der Waals surface area contributed by atoms with E-state index in [1.54, 1.807) is 0 Å². The maximum Gasteiger partial charge on any atom is 0.407 e. The number of ether oxygens (including phenoxy) is 1. The topological polar surface area (TPSA) is 135 Å². The van der Waals surface area contributed by atoms with Gasteiger partial charge in [-0.2, -0.15) is 0 Å². The van der Waals surface area contributed by atoms with Crippen LogP contribution in [0.2, 0.25) is 0 Å². The van der Waals surface area contributed by atoms with E-state index < -0.39 is 11.0 Å². The lowest BCUT2D eigenvalue weighted by molar-refractivity contribution is -0.384. The van der Waals surface area contributed by atoms with E-state index in [-0.39, 0.29) is 24.2 Å². The molecule has 1 aliphatic heterocycles. The molecular weight excluding hydrogens is 294 g/mol. The Hall–Kier alpha value is -2.62. The summed E-state index contributed by atoms with van der Waals surface area (Å²) >= 11 is 0. The summed E-state index contributed by atoms with van der Waals surface area (Å²) in [5.74, 6) is 0.320. The summed E-state index contributed by atoms with van der Waals surface area (Å²) in [6.07, 6.45) is -1.00. The molecule has 1 amide bonds. The van der Waals surface area contributed by atoms with Crippen LogP contribution in [0.5, 0.6) is 0 Å². The van der Waals surface area contributed by atoms with Crippen LogP contribution < -0.4 is 10.6 Å². The molecule has 1 aromatic heterocycles. The van der Waals surface area contributed by atoms with Gasteiger partial charge in [0.1, 0.15) is 5.82 Å². The van der Waals surface area contributed by atoms with Crippen molar-refractivity contribution in [1.82, 2.24) is 9.88 Å². The van der Waals surface area contributed by atoms with Gasteiger partial charge in [-0.05, 0) is 6.07 Å². The molecule has 0 unspecified atom stereocenters. The number of nitrogens with zero attached hydrogens (tertiary/aromatic N) is 4. The second-order valence-corrected chi connectivity index (χ2v) is 4.86. The largest absolute Gasteiger partial charge is 0.465 e. The van der Waals surface area contributed by atoms with Gasteiger partial charge in [0.2, 0.25) is 5.82 Å². The van der Waals surface area contributed by atoms with Crippen molar-refractivity contribution in [2.75, 3.05) is 44.0 Å². The van der Waals surface area contributed by atoms with Gasteiger partial charge in [-0.15, -0.1) is 0 Å². The van der Waals surface area contributed by atoms with Crippen molar-refractivity contribution >= 4 is 23.4 Å². The van der Waals surface area contributed by atoms with Gasteiger partial charge in [0, 0.05) is 32.8 Å². The summed E-state index contributed by atoms with van der Waals surface area (Å²) in [5.41, 5.74) is 5.34. The number of anilines is 2. The second kappa shape index (κ2) is 6.43. The molecule has 1 saturated heterocycles. The standard InChI is InChI=1S/C12H17N5O5/c1-22-7-8-6-15(4-5-16(8)12(18)19)10-3-2-9(17(20)21)11(13)14-10/h2-3,8H,4-7H2,1H3,(H2,13,14)(H,18,19)/t8-/m0/s1. The summed E-state index contributed by atoms with van der Waals surface area (Å²) < 4.78 is 5.05. The molecule has 0 aromatic carbocycles. The first kappa shape index (κ1) is 15.8. The molecule has 2 heterocycles. The van der Waals surface area contributed by atoms with Crippen molar-refractivity contribution in [3.63, 3.8) is 0 Å². The third kappa shape index (κ3) is 3.17. The molecule has 10 heteroatoms. The van der Waals surface area contributed by atoms with Gasteiger partial charge in [0.15, 0.2) is 0 Å². The Morgan fingerprint density at radius 1 is 1.59 bits per heavy atom. The van der Waals surface area contributed by atoms with Crippen molar-refractivity contribution in [1.29, 1.82) is 0 Å². The normalized spacial score (nSPS) is 18.3. The molecule has 22 heavy (non-hydrogen) atoms. The van der Waals surface area contributed by atoms with Crippen LogP contribution in [-0.4, -0.2) is 65.4 Å². The van der Waals surface area contributed by atoms with Gasteiger partial charge in [0.25, 0.3) is 0 Å². The minimum atomic E-state index is -1.00.